The van der Waals surface area contributed by atoms with E-state index in [1.165, 1.54) is 0 Å². The third-order valence-corrected chi connectivity index (χ3v) is 1.95. The van der Waals surface area contributed by atoms with Gasteiger partial charge in [-0.3, -0.25) is 0 Å². The molecule has 0 aliphatic rings. The monoisotopic (exact) mass is 192 g/mol. The SMILES string of the molecule is CC(CO)Nc1cn2ccnc2cn1. The van der Waals surface area contributed by atoms with Crippen LogP contribution in [0.4, 0.5) is 5.82 Å². The van der Waals surface area contributed by atoms with Crippen LogP contribution in [0.15, 0.2) is 24.8 Å². The molecule has 2 aromatic heterocycles. The fourth-order valence-corrected chi connectivity index (χ4v) is 1.20. The van der Waals surface area contributed by atoms with E-state index in [9.17, 15) is 0 Å². The van der Waals surface area contributed by atoms with Gasteiger partial charge in [-0.1, -0.05) is 0 Å². The molecule has 0 amide bonds. The van der Waals surface area contributed by atoms with Crippen molar-refractivity contribution in [1.29, 1.82) is 0 Å². The van der Waals surface area contributed by atoms with Crippen LogP contribution in [0.5, 0.6) is 0 Å². The van der Waals surface area contributed by atoms with Crippen LogP contribution in [0.3, 0.4) is 0 Å². The number of nitrogens with one attached hydrogen (secondary N) is 1. The van der Waals surface area contributed by atoms with Crippen molar-refractivity contribution in [2.45, 2.75) is 13.0 Å². The largest absolute Gasteiger partial charge is 0.394 e. The van der Waals surface area contributed by atoms with Gasteiger partial charge in [-0.05, 0) is 6.92 Å². The smallest absolute Gasteiger partial charge is 0.155 e. The third kappa shape index (κ3) is 1.67. The molecule has 2 N–H and O–H groups in total. The number of hydrogen-bond acceptors (Lipinski definition) is 4. The number of aliphatic hydroxyl groups excluding tert-OH is 1. The van der Waals surface area contributed by atoms with Gasteiger partial charge in [0.05, 0.1) is 19.0 Å². The highest BCUT2D eigenvalue weighted by Crippen LogP contribution is 2.06. The van der Waals surface area contributed by atoms with Crippen molar-refractivity contribution in [3.05, 3.63) is 24.8 Å². The van der Waals surface area contributed by atoms with Gasteiger partial charge < -0.3 is 14.8 Å². The van der Waals surface area contributed by atoms with Crippen molar-refractivity contribution in [2.75, 3.05) is 11.9 Å². The zero-order valence-corrected chi connectivity index (χ0v) is 7.88. The van der Waals surface area contributed by atoms with Gasteiger partial charge in [-0.2, -0.15) is 0 Å². The molecule has 0 bridgehead atoms. The lowest BCUT2D eigenvalue weighted by atomic mass is 10.4. The molecule has 1 atom stereocenters. The van der Waals surface area contributed by atoms with Gasteiger partial charge in [0.15, 0.2) is 5.65 Å². The summed E-state index contributed by atoms with van der Waals surface area (Å²) in [5.41, 5.74) is 0.812. The molecule has 1 unspecified atom stereocenters. The summed E-state index contributed by atoms with van der Waals surface area (Å²) < 4.78 is 1.87. The summed E-state index contributed by atoms with van der Waals surface area (Å²) in [5.74, 6) is 0.733. The number of nitrogens with zero attached hydrogens (tertiary/aromatic N) is 3. The first-order chi connectivity index (χ1) is 6.79. The first kappa shape index (κ1) is 8.96. The van der Waals surface area contributed by atoms with Crippen LogP contribution in [0, 0.1) is 0 Å². The molecule has 5 nitrogen and oxygen atoms in total. The summed E-state index contributed by atoms with van der Waals surface area (Å²) >= 11 is 0. The molecule has 0 spiro atoms. The second-order valence-corrected chi connectivity index (χ2v) is 3.19. The van der Waals surface area contributed by atoms with Crippen LogP contribution in [-0.2, 0) is 0 Å². The van der Waals surface area contributed by atoms with Gasteiger partial charge in [0.1, 0.15) is 5.82 Å². The summed E-state index contributed by atoms with van der Waals surface area (Å²) in [6.45, 7) is 1.98. The lowest BCUT2D eigenvalue weighted by molar-refractivity contribution is 0.281. The topological polar surface area (TPSA) is 62.5 Å². The maximum atomic E-state index is 8.86. The number of hydrogen-bond donors (Lipinski definition) is 2. The molecule has 0 aliphatic heterocycles. The van der Waals surface area contributed by atoms with E-state index in [4.69, 9.17) is 5.11 Å². The Labute approximate surface area is 81.4 Å². The standard InChI is InChI=1S/C9H12N4O/c1-7(6-14)12-8-5-13-3-2-10-9(13)4-11-8/h2-5,7,12,14H,6H2,1H3. The van der Waals surface area contributed by atoms with Gasteiger partial charge in [-0.25, -0.2) is 9.97 Å². The quantitative estimate of drug-likeness (QED) is 0.744. The van der Waals surface area contributed by atoms with Crippen LogP contribution in [0.25, 0.3) is 5.65 Å². The van der Waals surface area contributed by atoms with Gasteiger partial charge in [0.25, 0.3) is 0 Å². The summed E-state index contributed by atoms with van der Waals surface area (Å²) in [6, 6.07) is 0.00321. The van der Waals surface area contributed by atoms with E-state index in [-0.39, 0.29) is 12.6 Å². The summed E-state index contributed by atoms with van der Waals surface area (Å²) in [6.07, 6.45) is 7.10. The molecule has 0 fully saturated rings. The van der Waals surface area contributed by atoms with Gasteiger partial charge in [0, 0.05) is 18.4 Å². The average Bonchev–Trinajstić information content (AvgIpc) is 2.64. The molecular formula is C9H12N4O. The van der Waals surface area contributed by atoms with Crippen LogP contribution in [0.1, 0.15) is 6.92 Å². The first-order valence-corrected chi connectivity index (χ1v) is 4.45. The van der Waals surface area contributed by atoms with E-state index in [1.54, 1.807) is 12.4 Å². The molecule has 2 rings (SSSR count). The van der Waals surface area contributed by atoms with Gasteiger partial charge >= 0.3 is 0 Å². The van der Waals surface area contributed by atoms with Crippen molar-refractivity contribution in [3.63, 3.8) is 0 Å². The highest BCUT2D eigenvalue weighted by atomic mass is 16.3. The molecule has 2 heterocycles. The summed E-state index contributed by atoms with van der Waals surface area (Å²) in [7, 11) is 0. The molecule has 0 radical (unpaired) electrons. The zero-order chi connectivity index (χ0) is 9.97. The number of fused-ring (bicyclic) bond motifs is 1. The molecule has 74 valence electrons. The number of aliphatic hydroxyl groups is 1. The predicted molar refractivity (Wildman–Crippen MR) is 53.2 cm³/mol. The summed E-state index contributed by atoms with van der Waals surface area (Å²) in [4.78, 5) is 8.24. The Kier molecular flexibility index (Phi) is 2.32. The van der Waals surface area contributed by atoms with E-state index in [0.717, 1.165) is 11.5 Å². The molecule has 2 aromatic rings. The predicted octanol–water partition coefficient (Wildman–Crippen LogP) is 0.522. The normalized spacial score (nSPS) is 13.0. The number of aromatic nitrogens is 3. The van der Waals surface area contributed by atoms with E-state index in [1.807, 2.05) is 23.7 Å². The van der Waals surface area contributed by atoms with Gasteiger partial charge in [-0.15, -0.1) is 0 Å². The van der Waals surface area contributed by atoms with Crippen molar-refractivity contribution in [3.8, 4) is 0 Å². The molecule has 0 aromatic carbocycles. The van der Waals surface area contributed by atoms with Crippen LogP contribution in [-0.4, -0.2) is 32.1 Å². The minimum Gasteiger partial charge on any atom is -0.394 e. The average molecular weight is 192 g/mol. The molecule has 0 aliphatic carbocycles. The lowest BCUT2D eigenvalue weighted by Gasteiger charge is -2.10. The fraction of sp³-hybridized carbons (Fsp3) is 0.333. The minimum absolute atomic E-state index is 0.00321. The maximum absolute atomic E-state index is 8.86. The molecular weight excluding hydrogens is 180 g/mol. The van der Waals surface area contributed by atoms with E-state index in [2.05, 4.69) is 15.3 Å². The second-order valence-electron chi connectivity index (χ2n) is 3.19. The Morgan fingerprint density at radius 3 is 3.21 bits per heavy atom. The number of anilines is 1. The lowest BCUT2D eigenvalue weighted by Crippen LogP contribution is -2.20. The number of rotatable bonds is 3. The zero-order valence-electron chi connectivity index (χ0n) is 7.88. The van der Waals surface area contributed by atoms with Crippen molar-refractivity contribution in [2.24, 2.45) is 0 Å². The van der Waals surface area contributed by atoms with Crippen LogP contribution < -0.4 is 5.32 Å². The highest BCUT2D eigenvalue weighted by Gasteiger charge is 2.01. The Morgan fingerprint density at radius 2 is 2.43 bits per heavy atom. The Hall–Kier alpha value is -1.62. The second kappa shape index (κ2) is 3.63. The first-order valence-electron chi connectivity index (χ1n) is 4.45. The Bertz CT molecular complexity index is 425. The van der Waals surface area contributed by atoms with E-state index in [0.29, 0.717) is 0 Å². The van der Waals surface area contributed by atoms with E-state index >= 15 is 0 Å². The highest BCUT2D eigenvalue weighted by molar-refractivity contribution is 5.42. The maximum Gasteiger partial charge on any atom is 0.155 e. The molecule has 14 heavy (non-hydrogen) atoms. The van der Waals surface area contributed by atoms with Crippen LogP contribution in [0.2, 0.25) is 0 Å². The number of imidazole rings is 1. The van der Waals surface area contributed by atoms with Crippen molar-refractivity contribution in [1.82, 2.24) is 14.4 Å². The minimum atomic E-state index is 0.00321. The molecule has 0 saturated heterocycles. The fourth-order valence-electron chi connectivity index (χ4n) is 1.20. The Balaban J connectivity index is 2.25. The van der Waals surface area contributed by atoms with Crippen LogP contribution >= 0.6 is 0 Å². The molecule has 0 saturated carbocycles. The van der Waals surface area contributed by atoms with Gasteiger partial charge in [0.2, 0.25) is 0 Å². The van der Waals surface area contributed by atoms with Crippen molar-refractivity contribution < 1.29 is 5.11 Å². The van der Waals surface area contributed by atoms with E-state index < -0.39 is 0 Å². The Morgan fingerprint density at radius 1 is 1.57 bits per heavy atom. The molecule has 5 heteroatoms. The summed E-state index contributed by atoms with van der Waals surface area (Å²) in [5, 5.41) is 11.9. The third-order valence-electron chi connectivity index (χ3n) is 1.95. The van der Waals surface area contributed by atoms with Crippen molar-refractivity contribution >= 4 is 11.5 Å².